The number of aryl methyl sites for hydroxylation is 2. The maximum absolute atomic E-state index is 8.94. The van der Waals surface area contributed by atoms with Gasteiger partial charge in [0.1, 0.15) is 19.4 Å². The molecule has 0 saturated carbocycles. The summed E-state index contributed by atoms with van der Waals surface area (Å²) >= 11 is 0. The molecule has 1 heterocycles. The van der Waals surface area contributed by atoms with Crippen LogP contribution < -0.4 is 14.2 Å². The molecule has 0 spiro atoms. The van der Waals surface area contributed by atoms with Crippen molar-refractivity contribution in [1.82, 2.24) is 0 Å². The number of likely N-dealkylation sites (N-methyl/N-ethyl adjacent to an activating group) is 1. The Morgan fingerprint density at radius 1 is 0.690 bits per heavy atom. The van der Waals surface area contributed by atoms with Crippen molar-refractivity contribution in [2.24, 2.45) is 7.05 Å². The third-order valence-corrected chi connectivity index (χ3v) is 7.65. The van der Waals surface area contributed by atoms with Gasteiger partial charge >= 0.3 is 0 Å². The maximum atomic E-state index is 8.94. The number of fused-ring (bicyclic) bond motifs is 2. The van der Waals surface area contributed by atoms with Crippen LogP contribution in [0.5, 0.6) is 5.75 Å². The van der Waals surface area contributed by atoms with Crippen LogP contribution >= 0.6 is 0 Å². The second-order valence-corrected chi connectivity index (χ2v) is 10.5. The third kappa shape index (κ3) is 7.26. The molecule has 5 aromatic rings. The number of aliphatic hydroxyl groups is 1. The molecule has 1 aromatic heterocycles. The number of aliphatic hydroxyl groups excluding tert-OH is 1. The fourth-order valence-electron chi connectivity index (χ4n) is 5.33. The average molecular weight is 566 g/mol. The summed E-state index contributed by atoms with van der Waals surface area (Å²) in [5.74, 6) is 0.832. The largest absolute Gasteiger partial charge is 0.491 e. The third-order valence-electron chi connectivity index (χ3n) is 7.65. The molecule has 0 saturated heterocycles. The highest BCUT2D eigenvalue weighted by Gasteiger charge is 2.18. The summed E-state index contributed by atoms with van der Waals surface area (Å²) < 4.78 is 19.5. The molecule has 0 aliphatic rings. The van der Waals surface area contributed by atoms with Crippen LogP contribution in [0.25, 0.3) is 32.9 Å². The number of hydrogen-bond acceptors (Lipinski definition) is 5. The van der Waals surface area contributed by atoms with Crippen molar-refractivity contribution in [2.45, 2.75) is 12.8 Å². The minimum atomic E-state index is 0.216. The number of anilines is 1. The fraction of sp³-hybridized carbons (Fsp3) is 0.306. The minimum absolute atomic E-state index is 0.216. The van der Waals surface area contributed by atoms with E-state index in [1.807, 2.05) is 24.3 Å². The van der Waals surface area contributed by atoms with Crippen molar-refractivity contribution in [3.8, 4) is 16.9 Å². The second kappa shape index (κ2) is 14.8. The Hall–Kier alpha value is -3.97. The highest BCUT2D eigenvalue weighted by Crippen LogP contribution is 2.34. The molecule has 4 aromatic carbocycles. The molecule has 0 aliphatic carbocycles. The first-order valence-electron chi connectivity index (χ1n) is 14.7. The molecule has 218 valence electrons. The van der Waals surface area contributed by atoms with Crippen molar-refractivity contribution >= 4 is 27.5 Å². The molecule has 0 atom stereocenters. The monoisotopic (exact) mass is 565 g/mol. The van der Waals surface area contributed by atoms with Gasteiger partial charge < -0.3 is 24.2 Å². The molecule has 0 bridgehead atoms. The van der Waals surface area contributed by atoms with E-state index in [1.54, 1.807) is 0 Å². The average Bonchev–Trinajstić information content (AvgIpc) is 3.04. The van der Waals surface area contributed by atoms with E-state index in [9.17, 15) is 0 Å². The van der Waals surface area contributed by atoms with Gasteiger partial charge in [0.15, 0.2) is 0 Å². The lowest BCUT2D eigenvalue weighted by molar-refractivity contribution is -0.617. The Kier molecular flexibility index (Phi) is 10.4. The Morgan fingerprint density at radius 2 is 1.29 bits per heavy atom. The van der Waals surface area contributed by atoms with Crippen LogP contribution in [0, 0.1) is 0 Å². The van der Waals surface area contributed by atoms with Crippen LogP contribution in [0.1, 0.15) is 12.0 Å². The Morgan fingerprint density at radius 3 is 1.93 bits per heavy atom. The molecule has 0 amide bonds. The van der Waals surface area contributed by atoms with Gasteiger partial charge in [-0.25, -0.2) is 0 Å². The van der Waals surface area contributed by atoms with Crippen LogP contribution in [0.15, 0.2) is 97.1 Å². The SMILES string of the molecule is CN(CCOCCOCCOc1ccc(CCCO)cc1)c1ccc(-c2c3ccccc3[n+](C)c3ccccc23)cc1. The summed E-state index contributed by atoms with van der Waals surface area (Å²) in [6.45, 7) is 3.76. The fourth-order valence-corrected chi connectivity index (χ4v) is 5.33. The van der Waals surface area contributed by atoms with E-state index < -0.39 is 0 Å². The molecular formula is C36H41N2O4+. The van der Waals surface area contributed by atoms with Gasteiger partial charge in [-0.15, -0.1) is 0 Å². The van der Waals surface area contributed by atoms with E-state index in [1.165, 1.54) is 38.5 Å². The van der Waals surface area contributed by atoms with Crippen LogP contribution in [-0.2, 0) is 22.9 Å². The van der Waals surface area contributed by atoms with Gasteiger partial charge in [-0.1, -0.05) is 48.5 Å². The lowest BCUT2D eigenvalue weighted by Gasteiger charge is -2.20. The second-order valence-electron chi connectivity index (χ2n) is 10.5. The van der Waals surface area contributed by atoms with Crippen LogP contribution in [-0.4, -0.2) is 58.3 Å². The van der Waals surface area contributed by atoms with Crippen LogP contribution in [0.4, 0.5) is 5.69 Å². The topological polar surface area (TPSA) is 55.0 Å². The number of aromatic nitrogens is 1. The first-order valence-corrected chi connectivity index (χ1v) is 14.7. The number of rotatable bonds is 15. The maximum Gasteiger partial charge on any atom is 0.213 e. The van der Waals surface area contributed by atoms with E-state index in [0.29, 0.717) is 33.0 Å². The van der Waals surface area contributed by atoms with Crippen molar-refractivity contribution in [1.29, 1.82) is 0 Å². The summed E-state index contributed by atoms with van der Waals surface area (Å²) in [6.07, 6.45) is 1.66. The summed E-state index contributed by atoms with van der Waals surface area (Å²) in [7, 11) is 4.23. The van der Waals surface area contributed by atoms with E-state index in [-0.39, 0.29) is 6.61 Å². The molecule has 6 nitrogen and oxygen atoms in total. The van der Waals surface area contributed by atoms with Crippen LogP contribution in [0.3, 0.4) is 0 Å². The van der Waals surface area contributed by atoms with Gasteiger partial charge in [0.25, 0.3) is 0 Å². The zero-order chi connectivity index (χ0) is 29.1. The number of benzene rings is 4. The quantitative estimate of drug-likeness (QED) is 0.0965. The van der Waals surface area contributed by atoms with Gasteiger partial charge in [-0.3, -0.25) is 0 Å². The standard InChI is InChI=1S/C36H41N2O4/c1-37(21-23-40-24-25-41-26-27-42-31-19-13-28(14-20-31)8-7-22-39)30-17-15-29(16-18-30)36-32-9-3-5-11-34(32)38(2)35-12-6-4-10-33(35)36/h3-6,9-20,39H,7-8,21-27H2,1-2H3/q+1. The normalized spacial score (nSPS) is 11.3. The molecule has 0 unspecified atom stereocenters. The van der Waals surface area contributed by atoms with Crippen molar-refractivity contribution < 1.29 is 23.9 Å². The van der Waals surface area contributed by atoms with Crippen molar-refractivity contribution in [2.75, 3.05) is 58.1 Å². The summed E-state index contributed by atoms with van der Waals surface area (Å²) in [6, 6.07) is 34.1. The number of pyridine rings is 1. The van der Waals surface area contributed by atoms with E-state index >= 15 is 0 Å². The molecule has 42 heavy (non-hydrogen) atoms. The predicted octanol–water partition coefficient (Wildman–Crippen LogP) is 5.96. The lowest BCUT2D eigenvalue weighted by atomic mass is 9.95. The van der Waals surface area contributed by atoms with Gasteiger partial charge in [0, 0.05) is 43.6 Å². The molecule has 5 rings (SSSR count). The summed E-state index contributed by atoms with van der Waals surface area (Å²) in [4.78, 5) is 2.22. The van der Waals surface area contributed by atoms with Gasteiger partial charge in [-0.05, 0) is 60.4 Å². The summed E-state index contributed by atoms with van der Waals surface area (Å²) in [5.41, 5.74) is 7.30. The zero-order valence-electron chi connectivity index (χ0n) is 24.7. The smallest absolute Gasteiger partial charge is 0.213 e. The molecule has 6 heteroatoms. The highest BCUT2D eigenvalue weighted by molar-refractivity contribution is 6.07. The Balaban J connectivity index is 1.05. The Labute approximate surface area is 248 Å². The molecular weight excluding hydrogens is 524 g/mol. The lowest BCUT2D eigenvalue weighted by Crippen LogP contribution is -2.30. The van der Waals surface area contributed by atoms with E-state index in [4.69, 9.17) is 19.3 Å². The first kappa shape index (κ1) is 29.5. The van der Waals surface area contributed by atoms with Crippen LogP contribution in [0.2, 0.25) is 0 Å². The number of nitrogens with zero attached hydrogens (tertiary/aromatic N) is 2. The van der Waals surface area contributed by atoms with Gasteiger partial charge in [-0.2, -0.15) is 4.57 Å². The predicted molar refractivity (Wildman–Crippen MR) is 170 cm³/mol. The molecule has 0 radical (unpaired) electrons. The zero-order valence-corrected chi connectivity index (χ0v) is 24.7. The minimum Gasteiger partial charge on any atom is -0.491 e. The van der Waals surface area contributed by atoms with E-state index in [2.05, 4.69) is 96.4 Å². The summed E-state index contributed by atoms with van der Waals surface area (Å²) in [5, 5.41) is 11.4. The molecule has 0 aliphatic heterocycles. The number of para-hydroxylation sites is 2. The molecule has 0 fully saturated rings. The van der Waals surface area contributed by atoms with Crippen molar-refractivity contribution in [3.63, 3.8) is 0 Å². The van der Waals surface area contributed by atoms with E-state index in [0.717, 1.165) is 30.8 Å². The first-order chi connectivity index (χ1) is 20.7. The Bertz CT molecular complexity index is 1510. The molecule has 1 N–H and O–H groups in total. The van der Waals surface area contributed by atoms with Crippen molar-refractivity contribution in [3.05, 3.63) is 103 Å². The number of ether oxygens (including phenoxy) is 3. The van der Waals surface area contributed by atoms with Gasteiger partial charge in [0.2, 0.25) is 11.0 Å². The van der Waals surface area contributed by atoms with Gasteiger partial charge in [0.05, 0.1) is 37.2 Å². The highest BCUT2D eigenvalue weighted by atomic mass is 16.5. The number of hydrogen-bond donors (Lipinski definition) is 1.